The first-order valence-corrected chi connectivity index (χ1v) is 13.4. The molecule has 37 heavy (non-hydrogen) atoms. The standard InChI is InChI=1S/C28H25FN2O5S/c29-22-7-3-1-5-20(22)18-31-23-17-19(26(32)30-13-11-28(12-14-30)35-15-16-36-28)9-10-25(23)37(34)24-8-4-2-6-21(24)27(31)33/h1-10,17H,11-16,18H2/t37-/m0/s1. The van der Waals surface area contributed by atoms with Crippen molar-refractivity contribution < 1.29 is 27.7 Å². The number of carbonyl (C=O) groups is 2. The molecule has 2 saturated heterocycles. The van der Waals surface area contributed by atoms with Gasteiger partial charge in [-0.1, -0.05) is 30.3 Å². The lowest BCUT2D eigenvalue weighted by molar-refractivity contribution is -0.181. The van der Waals surface area contributed by atoms with E-state index < -0.39 is 28.3 Å². The molecule has 6 rings (SSSR count). The number of ether oxygens (including phenoxy) is 2. The Kier molecular flexibility index (Phi) is 6.14. The first-order valence-electron chi connectivity index (χ1n) is 12.2. The number of likely N-dealkylation sites (tertiary alicyclic amines) is 1. The fraction of sp³-hybridized carbons (Fsp3) is 0.286. The van der Waals surface area contributed by atoms with Gasteiger partial charge in [0.25, 0.3) is 11.8 Å². The summed E-state index contributed by atoms with van der Waals surface area (Å²) in [5.41, 5.74) is 1.32. The number of hydrogen-bond donors (Lipinski definition) is 0. The first-order chi connectivity index (χ1) is 18.0. The molecule has 0 radical (unpaired) electrons. The Balaban J connectivity index is 1.38. The van der Waals surface area contributed by atoms with Crippen LogP contribution in [0.2, 0.25) is 0 Å². The van der Waals surface area contributed by atoms with E-state index in [2.05, 4.69) is 0 Å². The highest BCUT2D eigenvalue weighted by molar-refractivity contribution is 7.85. The maximum atomic E-state index is 14.6. The summed E-state index contributed by atoms with van der Waals surface area (Å²) >= 11 is 0. The Labute approximate surface area is 216 Å². The molecule has 0 bridgehead atoms. The minimum absolute atomic E-state index is 0.0669. The molecule has 2 amide bonds. The van der Waals surface area contributed by atoms with Crippen molar-refractivity contribution in [2.24, 2.45) is 0 Å². The van der Waals surface area contributed by atoms with Crippen molar-refractivity contribution in [3.05, 3.63) is 89.2 Å². The van der Waals surface area contributed by atoms with E-state index in [0.29, 0.717) is 71.3 Å². The predicted octanol–water partition coefficient (Wildman–Crippen LogP) is 4.13. The molecule has 0 aromatic heterocycles. The van der Waals surface area contributed by atoms with Crippen LogP contribution in [0.1, 0.15) is 39.1 Å². The van der Waals surface area contributed by atoms with E-state index in [0.717, 1.165) is 0 Å². The molecule has 0 saturated carbocycles. The van der Waals surface area contributed by atoms with Crippen LogP contribution in [0.25, 0.3) is 0 Å². The molecule has 0 N–H and O–H groups in total. The molecule has 7 nitrogen and oxygen atoms in total. The number of nitrogens with zero attached hydrogens (tertiary/aromatic N) is 2. The highest BCUT2D eigenvalue weighted by Crippen LogP contribution is 2.37. The number of piperidine rings is 1. The molecule has 2 fully saturated rings. The third-order valence-electron chi connectivity index (χ3n) is 7.17. The summed E-state index contributed by atoms with van der Waals surface area (Å²) in [6.07, 6.45) is 1.17. The summed E-state index contributed by atoms with van der Waals surface area (Å²) in [7, 11) is -1.66. The van der Waals surface area contributed by atoms with Crippen molar-refractivity contribution in [1.29, 1.82) is 0 Å². The topological polar surface area (TPSA) is 76.2 Å². The third kappa shape index (κ3) is 4.27. The lowest BCUT2D eigenvalue weighted by Crippen LogP contribution is -2.47. The average molecular weight is 521 g/mol. The Morgan fingerprint density at radius 3 is 2.41 bits per heavy atom. The van der Waals surface area contributed by atoms with Gasteiger partial charge in [-0.3, -0.25) is 9.59 Å². The second kappa shape index (κ2) is 9.48. The average Bonchev–Trinajstić information content (AvgIpc) is 3.36. The molecule has 3 aromatic carbocycles. The van der Waals surface area contributed by atoms with Crippen molar-refractivity contribution in [2.75, 3.05) is 31.2 Å². The van der Waals surface area contributed by atoms with Gasteiger partial charge in [0.15, 0.2) is 5.79 Å². The molecule has 1 spiro atoms. The lowest BCUT2D eigenvalue weighted by atomic mass is 10.0. The molecule has 0 unspecified atom stereocenters. The quantitative estimate of drug-likeness (QED) is 0.519. The van der Waals surface area contributed by atoms with Gasteiger partial charge in [0.1, 0.15) is 5.82 Å². The van der Waals surface area contributed by atoms with Crippen molar-refractivity contribution in [3.63, 3.8) is 0 Å². The Morgan fingerprint density at radius 1 is 0.946 bits per heavy atom. The highest BCUT2D eigenvalue weighted by Gasteiger charge is 2.41. The lowest BCUT2D eigenvalue weighted by Gasteiger charge is -2.37. The second-order valence-electron chi connectivity index (χ2n) is 9.33. The van der Waals surface area contributed by atoms with E-state index in [1.54, 1.807) is 65.6 Å². The number of fused-ring (bicyclic) bond motifs is 2. The smallest absolute Gasteiger partial charge is 0.259 e. The van der Waals surface area contributed by atoms with Crippen molar-refractivity contribution in [2.45, 2.75) is 35.0 Å². The van der Waals surface area contributed by atoms with Gasteiger partial charge in [-0.05, 0) is 36.4 Å². The van der Waals surface area contributed by atoms with Gasteiger partial charge in [-0.15, -0.1) is 0 Å². The van der Waals surface area contributed by atoms with E-state index in [-0.39, 0.29) is 12.5 Å². The summed E-state index contributed by atoms with van der Waals surface area (Å²) in [5, 5.41) is 0. The SMILES string of the molecule is O=C(c1ccc2c(c1)N(Cc1ccccc1F)C(=O)c1ccccc1[S@@]2=O)N1CCC2(CC1)OCCO2. The minimum Gasteiger partial charge on any atom is -0.347 e. The number of benzene rings is 3. The van der Waals surface area contributed by atoms with Crippen LogP contribution in [0.5, 0.6) is 0 Å². The first kappa shape index (κ1) is 24.0. The molecule has 1 atom stereocenters. The molecular formula is C28H25FN2O5S. The van der Waals surface area contributed by atoms with Crippen LogP contribution in [0, 0.1) is 5.82 Å². The molecular weight excluding hydrogens is 495 g/mol. The van der Waals surface area contributed by atoms with Crippen molar-refractivity contribution >= 4 is 28.3 Å². The molecule has 3 aliphatic heterocycles. The van der Waals surface area contributed by atoms with Crippen LogP contribution >= 0.6 is 0 Å². The van der Waals surface area contributed by atoms with Gasteiger partial charge in [-0.2, -0.15) is 0 Å². The van der Waals surface area contributed by atoms with Gasteiger partial charge >= 0.3 is 0 Å². The van der Waals surface area contributed by atoms with E-state index in [1.807, 2.05) is 0 Å². The fourth-order valence-electron chi connectivity index (χ4n) is 5.17. The zero-order valence-electron chi connectivity index (χ0n) is 20.0. The molecule has 3 aliphatic rings. The largest absolute Gasteiger partial charge is 0.347 e. The van der Waals surface area contributed by atoms with Crippen LogP contribution in [-0.2, 0) is 26.8 Å². The zero-order chi connectivity index (χ0) is 25.6. The summed E-state index contributed by atoms with van der Waals surface area (Å²) < 4.78 is 39.8. The summed E-state index contributed by atoms with van der Waals surface area (Å²) in [6.45, 7) is 2.01. The van der Waals surface area contributed by atoms with Gasteiger partial charge in [0.05, 0.1) is 51.6 Å². The van der Waals surface area contributed by atoms with Crippen molar-refractivity contribution in [3.8, 4) is 0 Å². The highest BCUT2D eigenvalue weighted by atomic mass is 32.2. The Morgan fingerprint density at radius 2 is 1.65 bits per heavy atom. The van der Waals surface area contributed by atoms with Crippen LogP contribution in [0.15, 0.2) is 76.5 Å². The van der Waals surface area contributed by atoms with Crippen LogP contribution in [0.4, 0.5) is 10.1 Å². The van der Waals surface area contributed by atoms with E-state index >= 15 is 0 Å². The molecule has 0 aliphatic carbocycles. The molecule has 190 valence electrons. The number of amides is 2. The van der Waals surface area contributed by atoms with Crippen LogP contribution in [0.3, 0.4) is 0 Å². The molecule has 9 heteroatoms. The predicted molar refractivity (Wildman–Crippen MR) is 134 cm³/mol. The van der Waals surface area contributed by atoms with Gasteiger partial charge in [0.2, 0.25) is 0 Å². The number of anilines is 1. The van der Waals surface area contributed by atoms with Gasteiger partial charge < -0.3 is 19.3 Å². The number of carbonyl (C=O) groups excluding carboxylic acids is 2. The summed E-state index contributed by atoms with van der Waals surface area (Å²) in [6, 6.07) is 17.9. The Hall–Kier alpha value is -3.40. The molecule has 3 aromatic rings. The minimum atomic E-state index is -1.66. The van der Waals surface area contributed by atoms with Gasteiger partial charge in [0, 0.05) is 37.1 Å². The van der Waals surface area contributed by atoms with E-state index in [4.69, 9.17) is 9.47 Å². The number of hydrogen-bond acceptors (Lipinski definition) is 5. The monoisotopic (exact) mass is 520 g/mol. The zero-order valence-corrected chi connectivity index (χ0v) is 20.8. The maximum Gasteiger partial charge on any atom is 0.259 e. The summed E-state index contributed by atoms with van der Waals surface area (Å²) in [4.78, 5) is 31.2. The fourth-order valence-corrected chi connectivity index (χ4v) is 6.51. The van der Waals surface area contributed by atoms with Crippen molar-refractivity contribution in [1.82, 2.24) is 4.90 Å². The van der Waals surface area contributed by atoms with Gasteiger partial charge in [-0.25, -0.2) is 8.60 Å². The number of rotatable bonds is 3. The van der Waals surface area contributed by atoms with E-state index in [9.17, 15) is 18.2 Å². The second-order valence-corrected chi connectivity index (χ2v) is 10.7. The van der Waals surface area contributed by atoms with E-state index in [1.165, 1.54) is 11.0 Å². The molecule has 3 heterocycles. The summed E-state index contributed by atoms with van der Waals surface area (Å²) in [5.74, 6) is -1.63. The van der Waals surface area contributed by atoms with Crippen LogP contribution < -0.4 is 4.90 Å². The van der Waals surface area contributed by atoms with Crippen LogP contribution in [-0.4, -0.2) is 53.0 Å². The number of halogens is 1. The maximum absolute atomic E-state index is 14.6. The normalized spacial score (nSPS) is 20.5. The third-order valence-corrected chi connectivity index (χ3v) is 8.67. The Bertz CT molecular complexity index is 1410.